The Morgan fingerprint density at radius 3 is 2.86 bits per heavy atom. The van der Waals surface area contributed by atoms with Crippen molar-refractivity contribution in [2.75, 3.05) is 0 Å². The van der Waals surface area contributed by atoms with Gasteiger partial charge in [0.15, 0.2) is 0 Å². The van der Waals surface area contributed by atoms with Crippen molar-refractivity contribution in [1.29, 1.82) is 5.26 Å². The number of allylic oxidation sites excluding steroid dienone is 1. The van der Waals surface area contributed by atoms with E-state index in [2.05, 4.69) is 15.9 Å². The third-order valence-electron chi connectivity index (χ3n) is 3.43. The number of ether oxygens (including phenoxy) is 1. The van der Waals surface area contributed by atoms with Crippen LogP contribution in [-0.2, 0) is 6.61 Å². The highest BCUT2D eigenvalue weighted by Crippen LogP contribution is 2.39. The van der Waals surface area contributed by atoms with Crippen LogP contribution in [0.5, 0.6) is 5.75 Å². The molecular weight excluding hydrogens is 352 g/mol. The van der Waals surface area contributed by atoms with Gasteiger partial charge in [0, 0.05) is 16.6 Å². The first-order valence-corrected chi connectivity index (χ1v) is 7.37. The fraction of sp³-hybridized carbons (Fsp3) is 0.118. The highest BCUT2D eigenvalue weighted by molar-refractivity contribution is 9.10. The van der Waals surface area contributed by atoms with Crippen LogP contribution in [0.15, 0.2) is 40.9 Å². The van der Waals surface area contributed by atoms with Gasteiger partial charge in [0.1, 0.15) is 24.0 Å². The van der Waals surface area contributed by atoms with E-state index in [-0.39, 0.29) is 24.3 Å². The lowest BCUT2D eigenvalue weighted by molar-refractivity contribution is 0.303. The Bertz CT molecular complexity index is 824. The molecule has 0 amide bonds. The first kappa shape index (κ1) is 14.7. The largest absolute Gasteiger partial charge is 0.488 e. The third kappa shape index (κ3) is 2.62. The van der Waals surface area contributed by atoms with Crippen molar-refractivity contribution in [2.24, 2.45) is 0 Å². The summed E-state index contributed by atoms with van der Waals surface area (Å²) in [6.07, 6.45) is 1.77. The molecule has 1 aliphatic rings. The molecule has 110 valence electrons. The summed E-state index contributed by atoms with van der Waals surface area (Å²) < 4.78 is 34.2. The molecule has 0 saturated carbocycles. The van der Waals surface area contributed by atoms with E-state index in [4.69, 9.17) is 10.00 Å². The van der Waals surface area contributed by atoms with Crippen LogP contribution in [0, 0.1) is 23.0 Å². The number of halogens is 3. The fourth-order valence-electron chi connectivity index (χ4n) is 2.52. The van der Waals surface area contributed by atoms with Crippen LogP contribution in [0.25, 0.3) is 5.57 Å². The van der Waals surface area contributed by atoms with Gasteiger partial charge < -0.3 is 4.74 Å². The Balaban J connectivity index is 2.29. The normalized spacial score (nSPS) is 14.5. The minimum Gasteiger partial charge on any atom is -0.488 e. The molecule has 2 aromatic carbocycles. The maximum atomic E-state index is 14.3. The first-order chi connectivity index (χ1) is 10.6. The van der Waals surface area contributed by atoms with Crippen molar-refractivity contribution in [1.82, 2.24) is 0 Å². The van der Waals surface area contributed by atoms with E-state index >= 15 is 0 Å². The van der Waals surface area contributed by atoms with Gasteiger partial charge in [-0.1, -0.05) is 28.1 Å². The van der Waals surface area contributed by atoms with E-state index in [9.17, 15) is 8.78 Å². The van der Waals surface area contributed by atoms with Crippen molar-refractivity contribution in [2.45, 2.75) is 13.0 Å². The van der Waals surface area contributed by atoms with Gasteiger partial charge in [0.05, 0.1) is 18.1 Å². The molecule has 0 N–H and O–H groups in total. The lowest BCUT2D eigenvalue weighted by atomic mass is 9.93. The summed E-state index contributed by atoms with van der Waals surface area (Å²) in [4.78, 5) is 0. The van der Waals surface area contributed by atoms with Crippen LogP contribution in [0.1, 0.15) is 23.1 Å². The zero-order chi connectivity index (χ0) is 15.7. The van der Waals surface area contributed by atoms with E-state index in [0.717, 1.165) is 21.7 Å². The van der Waals surface area contributed by atoms with Crippen LogP contribution in [-0.4, -0.2) is 0 Å². The topological polar surface area (TPSA) is 33.0 Å². The van der Waals surface area contributed by atoms with Crippen molar-refractivity contribution in [3.8, 4) is 11.8 Å². The lowest BCUT2D eigenvalue weighted by Gasteiger charge is -2.11. The molecule has 0 spiro atoms. The summed E-state index contributed by atoms with van der Waals surface area (Å²) in [5.41, 5.74) is 2.36. The molecule has 0 atom stereocenters. The van der Waals surface area contributed by atoms with Gasteiger partial charge >= 0.3 is 0 Å². The minimum atomic E-state index is -0.699. The molecule has 2 nitrogen and oxygen atoms in total. The lowest BCUT2D eigenvalue weighted by Crippen LogP contribution is -1.96. The molecule has 3 rings (SSSR count). The number of nitriles is 1. The fourth-order valence-corrected chi connectivity index (χ4v) is 2.93. The molecule has 0 aliphatic carbocycles. The molecule has 1 heterocycles. The molecule has 2 aromatic rings. The van der Waals surface area contributed by atoms with Crippen LogP contribution in [0.4, 0.5) is 8.78 Å². The molecule has 22 heavy (non-hydrogen) atoms. The van der Waals surface area contributed by atoms with Crippen molar-refractivity contribution in [3.05, 3.63) is 69.2 Å². The second-order valence-corrected chi connectivity index (χ2v) is 5.75. The van der Waals surface area contributed by atoms with Crippen molar-refractivity contribution < 1.29 is 13.5 Å². The number of fused-ring (bicyclic) bond motifs is 2. The van der Waals surface area contributed by atoms with Gasteiger partial charge in [-0.25, -0.2) is 8.78 Å². The second-order valence-electron chi connectivity index (χ2n) is 4.83. The van der Waals surface area contributed by atoms with Crippen LogP contribution < -0.4 is 4.74 Å². The first-order valence-electron chi connectivity index (χ1n) is 6.58. The monoisotopic (exact) mass is 361 g/mol. The molecule has 0 aromatic heterocycles. The Morgan fingerprint density at radius 2 is 2.09 bits per heavy atom. The molecular formula is C17H10BrF2NO. The number of hydrogen-bond acceptors (Lipinski definition) is 2. The highest BCUT2D eigenvalue weighted by atomic mass is 79.9. The maximum absolute atomic E-state index is 14.3. The number of benzene rings is 2. The SMILES string of the molecule is N#CC/C=C1\c2ccc(Br)cc2COc2cc(F)cc(F)c21. The van der Waals surface area contributed by atoms with Crippen LogP contribution in [0.2, 0.25) is 0 Å². The molecule has 0 bridgehead atoms. The quantitative estimate of drug-likeness (QED) is 0.718. The standard InChI is InChI=1S/C17H10BrF2NO/c18-11-3-4-13-10(6-11)9-22-16-8-12(19)7-15(20)17(16)14(13)2-1-5-21/h2-4,6-8H,1,9H2/b14-2+. The molecule has 0 saturated heterocycles. The van der Waals surface area contributed by atoms with Gasteiger partial charge in [-0.2, -0.15) is 5.26 Å². The molecule has 0 fully saturated rings. The van der Waals surface area contributed by atoms with E-state index < -0.39 is 11.6 Å². The van der Waals surface area contributed by atoms with Gasteiger partial charge in [-0.05, 0) is 28.8 Å². The zero-order valence-electron chi connectivity index (χ0n) is 11.4. The molecule has 0 radical (unpaired) electrons. The van der Waals surface area contributed by atoms with E-state index in [1.807, 2.05) is 24.3 Å². The molecule has 5 heteroatoms. The molecule has 0 unspecified atom stereocenters. The second kappa shape index (κ2) is 5.90. The van der Waals surface area contributed by atoms with E-state index in [1.165, 1.54) is 6.07 Å². The Morgan fingerprint density at radius 1 is 1.27 bits per heavy atom. The summed E-state index contributed by atoms with van der Waals surface area (Å²) >= 11 is 3.39. The van der Waals surface area contributed by atoms with Crippen LogP contribution >= 0.6 is 15.9 Å². The summed E-state index contributed by atoms with van der Waals surface area (Å²) in [5, 5.41) is 8.83. The average Bonchev–Trinajstić information content (AvgIpc) is 2.62. The highest BCUT2D eigenvalue weighted by Gasteiger charge is 2.23. The molecule has 1 aliphatic heterocycles. The Kier molecular flexibility index (Phi) is 3.95. The van der Waals surface area contributed by atoms with Crippen molar-refractivity contribution in [3.63, 3.8) is 0 Å². The summed E-state index contributed by atoms with van der Waals surface area (Å²) in [6.45, 7) is 0.203. The smallest absolute Gasteiger partial charge is 0.137 e. The summed E-state index contributed by atoms with van der Waals surface area (Å²) in [6, 6.07) is 9.55. The third-order valence-corrected chi connectivity index (χ3v) is 3.92. The Labute approximate surface area is 134 Å². The average molecular weight is 362 g/mol. The van der Waals surface area contributed by atoms with Crippen LogP contribution in [0.3, 0.4) is 0 Å². The number of nitrogens with zero attached hydrogens (tertiary/aromatic N) is 1. The predicted molar refractivity (Wildman–Crippen MR) is 82.1 cm³/mol. The minimum absolute atomic E-state index is 0.126. The van der Waals surface area contributed by atoms with Crippen molar-refractivity contribution >= 4 is 21.5 Å². The Hall–Kier alpha value is -2.19. The summed E-state index contributed by atoms with van der Waals surface area (Å²) in [7, 11) is 0. The number of hydrogen-bond donors (Lipinski definition) is 0. The maximum Gasteiger partial charge on any atom is 0.137 e. The number of rotatable bonds is 1. The van der Waals surface area contributed by atoms with Gasteiger partial charge in [-0.3, -0.25) is 0 Å². The van der Waals surface area contributed by atoms with E-state index in [0.29, 0.717) is 5.57 Å². The van der Waals surface area contributed by atoms with Gasteiger partial charge in [-0.15, -0.1) is 0 Å². The zero-order valence-corrected chi connectivity index (χ0v) is 13.0. The van der Waals surface area contributed by atoms with Gasteiger partial charge in [0.25, 0.3) is 0 Å². The van der Waals surface area contributed by atoms with Gasteiger partial charge in [0.2, 0.25) is 0 Å². The van der Waals surface area contributed by atoms with E-state index in [1.54, 1.807) is 6.08 Å². The summed E-state index contributed by atoms with van der Waals surface area (Å²) in [5.74, 6) is -1.24. The predicted octanol–water partition coefficient (Wildman–Crippen LogP) is 4.97.